The predicted octanol–water partition coefficient (Wildman–Crippen LogP) is 5.27. The summed E-state index contributed by atoms with van der Waals surface area (Å²) in [5.74, 6) is -0.379. The summed E-state index contributed by atoms with van der Waals surface area (Å²) in [6.07, 6.45) is 6.55. The van der Waals surface area contributed by atoms with Crippen LogP contribution in [-0.4, -0.2) is 23.3 Å². The molecular formula is C25H27N3O2S2. The molecule has 0 spiro atoms. The van der Waals surface area contributed by atoms with E-state index in [0.29, 0.717) is 22.5 Å². The number of carbonyl (C=O) groups is 2. The number of Topliss-reactive ketones (excluding diaryl/α,β-unsaturated/α-hetero) is 1. The second-order valence-electron chi connectivity index (χ2n) is 8.20. The Morgan fingerprint density at radius 3 is 2.47 bits per heavy atom. The Bertz CT molecular complexity index is 1070. The van der Waals surface area contributed by atoms with Gasteiger partial charge in [0.25, 0.3) is 11.7 Å². The maximum absolute atomic E-state index is 12.5. The number of nitrogens with one attached hydrogen (secondary N) is 3. The topological polar surface area (TPSA) is 70.2 Å². The molecule has 0 aliphatic heterocycles. The Labute approximate surface area is 197 Å². The molecule has 1 saturated carbocycles. The lowest BCUT2D eigenvalue weighted by atomic mass is 9.89. The normalized spacial score (nSPS) is 14.1. The highest BCUT2D eigenvalue weighted by Gasteiger charge is 2.18. The summed E-state index contributed by atoms with van der Waals surface area (Å²) in [5, 5.41) is 10.8. The number of carbonyl (C=O) groups excluding carboxylic acids is 2. The standard InChI is InChI=1S/C25H27N3O2S2/c29-23(22-14-19-8-4-5-9-21(19)32-22)24(30)26-15-18-10-12-20(13-11-18)28-25(31)27-16-17-6-2-1-3-7-17/h4-5,8-14,17H,1-3,6-7,15-16H2,(H,26,30)(H2,27,28,31). The van der Waals surface area contributed by atoms with E-state index in [-0.39, 0.29) is 0 Å². The van der Waals surface area contributed by atoms with Crippen molar-refractivity contribution in [3.05, 3.63) is 65.0 Å². The predicted molar refractivity (Wildman–Crippen MR) is 135 cm³/mol. The van der Waals surface area contributed by atoms with E-state index in [1.807, 2.05) is 48.5 Å². The van der Waals surface area contributed by atoms with E-state index in [0.717, 1.165) is 27.9 Å². The second kappa shape index (κ2) is 10.7. The summed E-state index contributed by atoms with van der Waals surface area (Å²) in [6.45, 7) is 1.21. The van der Waals surface area contributed by atoms with Gasteiger partial charge >= 0.3 is 0 Å². The van der Waals surface area contributed by atoms with E-state index in [2.05, 4.69) is 16.0 Å². The van der Waals surface area contributed by atoms with Crippen LogP contribution in [0.5, 0.6) is 0 Å². The van der Waals surface area contributed by atoms with E-state index in [4.69, 9.17) is 12.2 Å². The third kappa shape index (κ3) is 5.93. The third-order valence-electron chi connectivity index (χ3n) is 5.80. The average Bonchev–Trinajstić information content (AvgIpc) is 3.26. The number of thiophene rings is 1. The van der Waals surface area contributed by atoms with Gasteiger partial charge in [-0.25, -0.2) is 0 Å². The number of rotatable bonds is 7. The molecule has 3 aromatic rings. The molecule has 1 fully saturated rings. The fourth-order valence-corrected chi connectivity index (χ4v) is 5.18. The van der Waals surface area contributed by atoms with Crippen LogP contribution in [0.4, 0.5) is 5.69 Å². The fourth-order valence-electron chi connectivity index (χ4n) is 3.98. The molecule has 1 aromatic heterocycles. The quantitative estimate of drug-likeness (QED) is 0.252. The van der Waals surface area contributed by atoms with Gasteiger partial charge in [0.15, 0.2) is 5.11 Å². The van der Waals surface area contributed by atoms with Gasteiger partial charge in [-0.1, -0.05) is 49.6 Å². The van der Waals surface area contributed by atoms with Gasteiger partial charge in [-0.3, -0.25) is 9.59 Å². The first kappa shape index (κ1) is 22.4. The molecule has 0 bridgehead atoms. The molecule has 7 heteroatoms. The molecule has 2 aromatic carbocycles. The number of benzene rings is 2. The molecular weight excluding hydrogens is 438 g/mol. The van der Waals surface area contributed by atoms with Gasteiger partial charge in [0.1, 0.15) is 0 Å². The molecule has 0 radical (unpaired) electrons. The summed E-state index contributed by atoms with van der Waals surface area (Å²) in [4.78, 5) is 25.2. The van der Waals surface area contributed by atoms with Crippen LogP contribution >= 0.6 is 23.6 Å². The minimum atomic E-state index is -0.591. The lowest BCUT2D eigenvalue weighted by molar-refractivity contribution is -0.117. The van der Waals surface area contributed by atoms with E-state index in [1.54, 1.807) is 6.07 Å². The van der Waals surface area contributed by atoms with Crippen LogP contribution < -0.4 is 16.0 Å². The summed E-state index contributed by atoms with van der Waals surface area (Å²) in [7, 11) is 0. The first-order valence-corrected chi connectivity index (χ1v) is 12.3. The van der Waals surface area contributed by atoms with Crippen LogP contribution in [0.2, 0.25) is 0 Å². The second-order valence-corrected chi connectivity index (χ2v) is 9.69. The Morgan fingerprint density at radius 2 is 1.72 bits per heavy atom. The van der Waals surface area contributed by atoms with Crippen LogP contribution in [0, 0.1) is 5.92 Å². The number of fused-ring (bicyclic) bond motifs is 1. The molecule has 1 aliphatic carbocycles. The van der Waals surface area contributed by atoms with Gasteiger partial charge in [-0.15, -0.1) is 11.3 Å². The highest BCUT2D eigenvalue weighted by atomic mass is 32.1. The van der Waals surface area contributed by atoms with Gasteiger partial charge in [-0.2, -0.15) is 0 Å². The Kier molecular flexibility index (Phi) is 7.50. The minimum absolute atomic E-state index is 0.292. The van der Waals surface area contributed by atoms with Gasteiger partial charge < -0.3 is 16.0 Å². The first-order valence-electron chi connectivity index (χ1n) is 11.0. The van der Waals surface area contributed by atoms with E-state index in [1.165, 1.54) is 43.4 Å². The SMILES string of the molecule is O=C(NCc1ccc(NC(=S)NCC2CCCCC2)cc1)C(=O)c1cc2ccccc2s1. The molecule has 1 aliphatic rings. The van der Waals surface area contributed by atoms with Crippen molar-refractivity contribution in [3.8, 4) is 0 Å². The van der Waals surface area contributed by atoms with Crippen molar-refractivity contribution in [3.63, 3.8) is 0 Å². The van der Waals surface area contributed by atoms with Crippen molar-refractivity contribution < 1.29 is 9.59 Å². The van der Waals surface area contributed by atoms with E-state index >= 15 is 0 Å². The molecule has 32 heavy (non-hydrogen) atoms. The van der Waals surface area contributed by atoms with Gasteiger partial charge in [0, 0.05) is 23.5 Å². The smallest absolute Gasteiger partial charge is 0.293 e. The zero-order chi connectivity index (χ0) is 22.3. The summed E-state index contributed by atoms with van der Waals surface area (Å²) in [5.41, 5.74) is 1.80. The average molecular weight is 466 g/mol. The van der Waals surface area contributed by atoms with Crippen LogP contribution in [0.15, 0.2) is 54.6 Å². The maximum Gasteiger partial charge on any atom is 0.293 e. The largest absolute Gasteiger partial charge is 0.362 e. The number of ketones is 1. The van der Waals surface area contributed by atoms with E-state index in [9.17, 15) is 9.59 Å². The third-order valence-corrected chi connectivity index (χ3v) is 7.16. The number of thiocarbonyl (C=S) groups is 1. The van der Waals surface area contributed by atoms with Gasteiger partial charge in [-0.05, 0) is 66.2 Å². The zero-order valence-electron chi connectivity index (χ0n) is 17.9. The minimum Gasteiger partial charge on any atom is -0.362 e. The molecule has 1 amide bonds. The first-order chi connectivity index (χ1) is 15.6. The summed E-state index contributed by atoms with van der Waals surface area (Å²) in [6, 6.07) is 17.2. The molecule has 0 unspecified atom stereocenters. The Morgan fingerprint density at radius 1 is 0.969 bits per heavy atom. The summed E-state index contributed by atoms with van der Waals surface area (Å²) >= 11 is 6.75. The monoisotopic (exact) mass is 465 g/mol. The summed E-state index contributed by atoms with van der Waals surface area (Å²) < 4.78 is 0.998. The Hall–Kier alpha value is -2.77. The highest BCUT2D eigenvalue weighted by molar-refractivity contribution is 7.80. The van der Waals surface area contributed by atoms with Gasteiger partial charge in [0.2, 0.25) is 0 Å². The van der Waals surface area contributed by atoms with E-state index < -0.39 is 11.7 Å². The fraction of sp³-hybridized carbons (Fsp3) is 0.320. The van der Waals surface area contributed by atoms with Crippen molar-refractivity contribution in [1.82, 2.24) is 10.6 Å². The number of amides is 1. The lowest BCUT2D eigenvalue weighted by Gasteiger charge is -2.22. The van der Waals surface area contributed by atoms with Crippen LogP contribution in [0.3, 0.4) is 0 Å². The lowest BCUT2D eigenvalue weighted by Crippen LogP contribution is -2.33. The molecule has 0 saturated heterocycles. The highest BCUT2D eigenvalue weighted by Crippen LogP contribution is 2.25. The maximum atomic E-state index is 12.5. The molecule has 3 N–H and O–H groups in total. The number of hydrogen-bond donors (Lipinski definition) is 3. The molecule has 0 atom stereocenters. The van der Waals surface area contributed by atoms with Crippen molar-refractivity contribution in [2.24, 2.45) is 5.92 Å². The number of hydrogen-bond acceptors (Lipinski definition) is 4. The Balaban J connectivity index is 1.23. The zero-order valence-corrected chi connectivity index (χ0v) is 19.5. The van der Waals surface area contributed by atoms with Crippen LogP contribution in [0.1, 0.15) is 47.3 Å². The van der Waals surface area contributed by atoms with Crippen LogP contribution in [0.25, 0.3) is 10.1 Å². The molecule has 4 rings (SSSR count). The molecule has 5 nitrogen and oxygen atoms in total. The number of anilines is 1. The van der Waals surface area contributed by atoms with Crippen LogP contribution in [-0.2, 0) is 11.3 Å². The van der Waals surface area contributed by atoms with Crippen molar-refractivity contribution in [1.29, 1.82) is 0 Å². The van der Waals surface area contributed by atoms with Crippen molar-refractivity contribution >= 4 is 56.1 Å². The molecule has 1 heterocycles. The molecule has 166 valence electrons. The van der Waals surface area contributed by atoms with Crippen molar-refractivity contribution in [2.45, 2.75) is 38.6 Å². The van der Waals surface area contributed by atoms with Crippen molar-refractivity contribution in [2.75, 3.05) is 11.9 Å². The van der Waals surface area contributed by atoms with Gasteiger partial charge in [0.05, 0.1) is 4.88 Å².